The molecule has 4 nitrogen and oxygen atoms in total. The smallest absolute Gasteiger partial charge is 0.339 e. The predicted octanol–water partition coefficient (Wildman–Crippen LogP) is 3.14. The van der Waals surface area contributed by atoms with Gasteiger partial charge in [-0.25, -0.2) is 9.78 Å². The molecule has 0 saturated carbocycles. The molecule has 0 amide bonds. The summed E-state index contributed by atoms with van der Waals surface area (Å²) in [6, 6.07) is 1.88. The Morgan fingerprint density at radius 3 is 2.76 bits per heavy atom. The lowest BCUT2D eigenvalue weighted by Crippen LogP contribution is -2.40. The van der Waals surface area contributed by atoms with Crippen molar-refractivity contribution in [3.8, 4) is 0 Å². The molecule has 0 spiro atoms. The van der Waals surface area contributed by atoms with Gasteiger partial charge in [-0.1, -0.05) is 13.8 Å². The summed E-state index contributed by atoms with van der Waals surface area (Å²) >= 11 is 0. The lowest BCUT2D eigenvalue weighted by molar-refractivity contribution is 0.0696. The first-order chi connectivity index (χ1) is 10.1. The van der Waals surface area contributed by atoms with Crippen molar-refractivity contribution in [3.05, 3.63) is 22.9 Å². The van der Waals surface area contributed by atoms with E-state index in [9.17, 15) is 9.90 Å². The highest BCUT2D eigenvalue weighted by Crippen LogP contribution is 2.31. The van der Waals surface area contributed by atoms with Crippen molar-refractivity contribution in [1.29, 1.82) is 0 Å². The number of hydrogen-bond acceptors (Lipinski definition) is 3. The first-order valence-electron chi connectivity index (χ1n) is 8.07. The van der Waals surface area contributed by atoms with Crippen LogP contribution >= 0.6 is 0 Å². The third-order valence-electron chi connectivity index (χ3n) is 5.14. The molecule has 1 fully saturated rings. The molecule has 2 heterocycles. The molecule has 1 aromatic heterocycles. The van der Waals surface area contributed by atoms with Gasteiger partial charge in [0.05, 0.1) is 0 Å². The standard InChI is InChI=1S/C17H24N2O2/c1-11-7-8-19(10-12(11)2)16-14(17(20)21)9-13-5-3-4-6-15(13)18-16/h9,11-12H,3-8,10H2,1-2H3,(H,20,21). The van der Waals surface area contributed by atoms with Crippen LogP contribution in [0.4, 0.5) is 5.82 Å². The number of aryl methyl sites for hydroxylation is 2. The minimum absolute atomic E-state index is 0.386. The van der Waals surface area contributed by atoms with E-state index in [1.807, 2.05) is 6.07 Å². The molecular formula is C17H24N2O2. The van der Waals surface area contributed by atoms with Crippen LogP contribution in [0.5, 0.6) is 0 Å². The van der Waals surface area contributed by atoms with Crippen LogP contribution in [-0.4, -0.2) is 29.1 Å². The van der Waals surface area contributed by atoms with Gasteiger partial charge in [-0.05, 0) is 55.6 Å². The number of aromatic nitrogens is 1. The number of carboxylic acids is 1. The summed E-state index contributed by atoms with van der Waals surface area (Å²) in [6.45, 7) is 6.35. The van der Waals surface area contributed by atoms with Gasteiger partial charge in [0.25, 0.3) is 0 Å². The number of aromatic carboxylic acids is 1. The molecule has 0 aromatic carbocycles. The molecule has 1 aliphatic heterocycles. The van der Waals surface area contributed by atoms with Crippen molar-refractivity contribution in [2.45, 2.75) is 46.0 Å². The average molecular weight is 288 g/mol. The lowest BCUT2D eigenvalue weighted by atomic mass is 9.88. The summed E-state index contributed by atoms with van der Waals surface area (Å²) in [5.74, 6) is 1.13. The van der Waals surface area contributed by atoms with Crippen LogP contribution < -0.4 is 4.90 Å². The minimum Gasteiger partial charge on any atom is -0.478 e. The van der Waals surface area contributed by atoms with E-state index in [2.05, 4.69) is 18.7 Å². The molecule has 2 atom stereocenters. The Morgan fingerprint density at radius 2 is 2.05 bits per heavy atom. The van der Waals surface area contributed by atoms with Gasteiger partial charge in [0, 0.05) is 18.8 Å². The van der Waals surface area contributed by atoms with E-state index in [1.54, 1.807) is 0 Å². The second-order valence-corrected chi connectivity index (χ2v) is 6.67. The highest BCUT2D eigenvalue weighted by atomic mass is 16.4. The molecule has 4 heteroatoms. The van der Waals surface area contributed by atoms with Gasteiger partial charge < -0.3 is 10.0 Å². The Bertz CT molecular complexity index is 556. The van der Waals surface area contributed by atoms with Crippen molar-refractivity contribution >= 4 is 11.8 Å². The van der Waals surface area contributed by atoms with E-state index in [0.717, 1.165) is 50.0 Å². The summed E-state index contributed by atoms with van der Waals surface area (Å²) in [6.07, 6.45) is 5.38. The highest BCUT2D eigenvalue weighted by molar-refractivity contribution is 5.93. The fraction of sp³-hybridized carbons (Fsp3) is 0.647. The van der Waals surface area contributed by atoms with Crippen molar-refractivity contribution in [1.82, 2.24) is 4.98 Å². The summed E-state index contributed by atoms with van der Waals surface area (Å²) < 4.78 is 0. The summed E-state index contributed by atoms with van der Waals surface area (Å²) in [5, 5.41) is 9.55. The Labute approximate surface area is 126 Å². The molecule has 21 heavy (non-hydrogen) atoms. The molecule has 1 aromatic rings. The number of carboxylic acid groups (broad SMARTS) is 1. The van der Waals surface area contributed by atoms with E-state index in [4.69, 9.17) is 4.98 Å². The second-order valence-electron chi connectivity index (χ2n) is 6.67. The van der Waals surface area contributed by atoms with Crippen LogP contribution in [0.3, 0.4) is 0 Å². The maximum atomic E-state index is 11.6. The van der Waals surface area contributed by atoms with Crippen molar-refractivity contribution in [2.24, 2.45) is 11.8 Å². The Balaban J connectivity index is 1.98. The molecule has 1 N–H and O–H groups in total. The fourth-order valence-corrected chi connectivity index (χ4v) is 3.48. The number of carbonyl (C=O) groups is 1. The first-order valence-corrected chi connectivity index (χ1v) is 8.07. The van der Waals surface area contributed by atoms with E-state index >= 15 is 0 Å². The molecule has 1 saturated heterocycles. The van der Waals surface area contributed by atoms with Crippen LogP contribution in [-0.2, 0) is 12.8 Å². The monoisotopic (exact) mass is 288 g/mol. The summed E-state index contributed by atoms with van der Waals surface area (Å²) in [4.78, 5) is 18.6. The third-order valence-corrected chi connectivity index (χ3v) is 5.14. The number of piperidine rings is 1. The van der Waals surface area contributed by atoms with E-state index in [0.29, 0.717) is 23.2 Å². The minimum atomic E-state index is -0.850. The average Bonchev–Trinajstić information content (AvgIpc) is 2.48. The number of nitrogens with zero attached hydrogens (tertiary/aromatic N) is 2. The largest absolute Gasteiger partial charge is 0.478 e. The van der Waals surface area contributed by atoms with Crippen molar-refractivity contribution in [2.75, 3.05) is 18.0 Å². The Kier molecular flexibility index (Phi) is 3.87. The van der Waals surface area contributed by atoms with Crippen LogP contribution in [0.1, 0.15) is 54.7 Å². The maximum Gasteiger partial charge on any atom is 0.339 e. The summed E-state index contributed by atoms with van der Waals surface area (Å²) in [5.41, 5.74) is 2.64. The van der Waals surface area contributed by atoms with Gasteiger partial charge in [0.15, 0.2) is 0 Å². The molecule has 1 aliphatic carbocycles. The fourth-order valence-electron chi connectivity index (χ4n) is 3.48. The quantitative estimate of drug-likeness (QED) is 0.908. The molecule has 2 aliphatic rings. The third kappa shape index (κ3) is 2.76. The van der Waals surface area contributed by atoms with Crippen molar-refractivity contribution < 1.29 is 9.90 Å². The highest BCUT2D eigenvalue weighted by Gasteiger charge is 2.28. The molecule has 3 rings (SSSR count). The molecule has 114 valence electrons. The number of pyridine rings is 1. The van der Waals surface area contributed by atoms with Gasteiger partial charge in [-0.2, -0.15) is 0 Å². The van der Waals surface area contributed by atoms with E-state index in [-0.39, 0.29) is 0 Å². The van der Waals surface area contributed by atoms with Crippen LogP contribution in [0.15, 0.2) is 6.07 Å². The SMILES string of the molecule is CC1CCN(c2nc3c(cc2C(=O)O)CCCC3)CC1C. The van der Waals surface area contributed by atoms with Gasteiger partial charge in [-0.3, -0.25) is 0 Å². The zero-order valence-corrected chi connectivity index (χ0v) is 12.9. The van der Waals surface area contributed by atoms with E-state index < -0.39 is 5.97 Å². The van der Waals surface area contributed by atoms with Gasteiger partial charge in [0.1, 0.15) is 11.4 Å². The number of fused-ring (bicyclic) bond motifs is 1. The van der Waals surface area contributed by atoms with Crippen LogP contribution in [0.2, 0.25) is 0 Å². The molecule has 0 bridgehead atoms. The first kappa shape index (κ1) is 14.4. The molecule has 2 unspecified atom stereocenters. The predicted molar refractivity (Wildman–Crippen MR) is 83.0 cm³/mol. The number of hydrogen-bond donors (Lipinski definition) is 1. The lowest BCUT2D eigenvalue weighted by Gasteiger charge is -2.37. The van der Waals surface area contributed by atoms with Gasteiger partial charge >= 0.3 is 5.97 Å². The molecular weight excluding hydrogens is 264 g/mol. The topological polar surface area (TPSA) is 53.4 Å². The Morgan fingerprint density at radius 1 is 1.29 bits per heavy atom. The van der Waals surface area contributed by atoms with Crippen LogP contribution in [0, 0.1) is 11.8 Å². The maximum absolute atomic E-state index is 11.6. The Hall–Kier alpha value is -1.58. The van der Waals surface area contributed by atoms with E-state index in [1.165, 1.54) is 6.42 Å². The normalized spacial score (nSPS) is 25.5. The molecule has 0 radical (unpaired) electrons. The van der Waals surface area contributed by atoms with Gasteiger partial charge in [0.2, 0.25) is 0 Å². The van der Waals surface area contributed by atoms with Crippen LogP contribution in [0.25, 0.3) is 0 Å². The second kappa shape index (κ2) is 5.66. The summed E-state index contributed by atoms with van der Waals surface area (Å²) in [7, 11) is 0. The van der Waals surface area contributed by atoms with Crippen molar-refractivity contribution in [3.63, 3.8) is 0 Å². The zero-order valence-electron chi connectivity index (χ0n) is 12.9. The van der Waals surface area contributed by atoms with Gasteiger partial charge in [-0.15, -0.1) is 0 Å². The number of anilines is 1. The zero-order chi connectivity index (χ0) is 15.0. The number of rotatable bonds is 2.